The van der Waals surface area contributed by atoms with Gasteiger partial charge in [-0.3, -0.25) is 9.59 Å². The van der Waals surface area contributed by atoms with Crippen molar-refractivity contribution in [3.8, 4) is 11.5 Å². The summed E-state index contributed by atoms with van der Waals surface area (Å²) in [5.74, 6) is -0.0686. The van der Waals surface area contributed by atoms with Gasteiger partial charge in [0, 0.05) is 29.3 Å². The van der Waals surface area contributed by atoms with E-state index in [1.54, 1.807) is 91.7 Å². The Morgan fingerprint density at radius 3 is 2.45 bits per heavy atom. The number of rotatable bonds is 10. The highest BCUT2D eigenvalue weighted by molar-refractivity contribution is 6.07. The van der Waals surface area contributed by atoms with Gasteiger partial charge < -0.3 is 29.9 Å². The van der Waals surface area contributed by atoms with E-state index in [0.717, 1.165) is 5.56 Å². The summed E-state index contributed by atoms with van der Waals surface area (Å²) in [4.78, 5) is 28.0. The molecule has 3 N–H and O–H groups in total. The Morgan fingerprint density at radius 1 is 1.05 bits per heavy atom. The highest BCUT2D eigenvalue weighted by atomic mass is 16.5. The van der Waals surface area contributed by atoms with Crippen molar-refractivity contribution >= 4 is 23.2 Å². The summed E-state index contributed by atoms with van der Waals surface area (Å²) in [6.07, 6.45) is 3.93. The number of ether oxygens (including phenoxy) is 2. The summed E-state index contributed by atoms with van der Waals surface area (Å²) in [5, 5.41) is 23.8. The number of anilines is 2. The van der Waals surface area contributed by atoms with E-state index in [2.05, 4.69) is 5.32 Å². The van der Waals surface area contributed by atoms with Crippen LogP contribution in [0.3, 0.4) is 0 Å². The van der Waals surface area contributed by atoms with Crippen molar-refractivity contribution in [1.29, 1.82) is 0 Å². The van der Waals surface area contributed by atoms with Crippen LogP contribution < -0.4 is 19.7 Å². The van der Waals surface area contributed by atoms with Crippen LogP contribution in [0.25, 0.3) is 0 Å². The summed E-state index contributed by atoms with van der Waals surface area (Å²) in [5.41, 5.74) is 1.11. The molecule has 3 aromatic carbocycles. The van der Waals surface area contributed by atoms with Crippen molar-refractivity contribution in [2.75, 3.05) is 31.0 Å². The van der Waals surface area contributed by atoms with Crippen LogP contribution in [0, 0.1) is 5.92 Å². The largest absolute Gasteiger partial charge is 0.497 e. The number of methoxy groups -OCH3 is 2. The van der Waals surface area contributed by atoms with Crippen molar-refractivity contribution in [1.82, 2.24) is 0 Å². The highest BCUT2D eigenvalue weighted by Crippen LogP contribution is 2.47. The zero-order chi connectivity index (χ0) is 27.3. The van der Waals surface area contributed by atoms with E-state index in [9.17, 15) is 14.7 Å². The van der Waals surface area contributed by atoms with Crippen LogP contribution in [0.1, 0.15) is 34.8 Å². The quantitative estimate of drug-likeness (QED) is 0.348. The number of nitrogens with zero attached hydrogens (tertiary/aromatic N) is 1. The second-order valence-corrected chi connectivity index (χ2v) is 9.15. The molecule has 1 heterocycles. The maximum absolute atomic E-state index is 13.7. The summed E-state index contributed by atoms with van der Waals surface area (Å²) >= 11 is 0. The summed E-state index contributed by atoms with van der Waals surface area (Å²) in [6.45, 7) is 1.95. The van der Waals surface area contributed by atoms with Crippen LogP contribution in [0.5, 0.6) is 11.5 Å². The van der Waals surface area contributed by atoms with Gasteiger partial charge in [-0.15, -0.1) is 0 Å². The van der Waals surface area contributed by atoms with Crippen LogP contribution in [0.2, 0.25) is 0 Å². The Balaban J connectivity index is 1.59. The Bertz CT molecular complexity index is 1340. The van der Waals surface area contributed by atoms with Gasteiger partial charge in [0.25, 0.3) is 11.8 Å². The van der Waals surface area contributed by atoms with E-state index < -0.39 is 17.4 Å². The number of carbonyl (C=O) groups excluding carboxylic acids is 2. The minimum atomic E-state index is -1.80. The maximum Gasteiger partial charge on any atom is 0.264 e. The number of hydrogen-bond acceptors (Lipinski definition) is 6. The molecule has 1 aliphatic rings. The van der Waals surface area contributed by atoms with E-state index in [1.165, 1.54) is 7.11 Å². The predicted molar refractivity (Wildman–Crippen MR) is 145 cm³/mol. The Morgan fingerprint density at radius 2 is 1.76 bits per heavy atom. The molecule has 0 bridgehead atoms. The first-order valence-electron chi connectivity index (χ1n) is 12.4. The molecule has 0 aromatic heterocycles. The maximum atomic E-state index is 13.7. The minimum Gasteiger partial charge on any atom is -0.497 e. The van der Waals surface area contributed by atoms with E-state index in [0.29, 0.717) is 40.4 Å². The van der Waals surface area contributed by atoms with Crippen molar-refractivity contribution < 1.29 is 29.3 Å². The van der Waals surface area contributed by atoms with Gasteiger partial charge in [-0.05, 0) is 66.6 Å². The molecule has 0 saturated carbocycles. The Labute approximate surface area is 222 Å². The zero-order valence-corrected chi connectivity index (χ0v) is 21.7. The van der Waals surface area contributed by atoms with Crippen molar-refractivity contribution in [2.24, 2.45) is 5.92 Å². The molecule has 3 aromatic rings. The first-order chi connectivity index (χ1) is 18.3. The number of aliphatic hydroxyl groups is 2. The average Bonchev–Trinajstić information content (AvgIpc) is 3.15. The lowest BCUT2D eigenvalue weighted by molar-refractivity contribution is -0.139. The summed E-state index contributed by atoms with van der Waals surface area (Å²) < 4.78 is 10.5. The van der Waals surface area contributed by atoms with Gasteiger partial charge in [0.15, 0.2) is 5.60 Å². The molecule has 4 rings (SSSR count). The number of amides is 2. The molecule has 2 atom stereocenters. The van der Waals surface area contributed by atoms with Gasteiger partial charge in [-0.1, -0.05) is 31.2 Å². The lowest BCUT2D eigenvalue weighted by Crippen LogP contribution is -2.44. The molecule has 8 heteroatoms. The van der Waals surface area contributed by atoms with Crippen LogP contribution in [0.15, 0.2) is 78.9 Å². The Kier molecular flexibility index (Phi) is 8.14. The molecule has 38 heavy (non-hydrogen) atoms. The van der Waals surface area contributed by atoms with E-state index in [1.807, 2.05) is 6.07 Å². The smallest absolute Gasteiger partial charge is 0.264 e. The van der Waals surface area contributed by atoms with E-state index in [4.69, 9.17) is 14.6 Å². The first kappa shape index (κ1) is 26.9. The van der Waals surface area contributed by atoms with Gasteiger partial charge >= 0.3 is 0 Å². The fourth-order valence-electron chi connectivity index (χ4n) is 4.60. The van der Waals surface area contributed by atoms with Crippen molar-refractivity contribution in [3.63, 3.8) is 0 Å². The number of fused-ring (bicyclic) bond motifs is 1. The fourth-order valence-corrected chi connectivity index (χ4v) is 4.60. The molecular formula is C30H32N2O6. The van der Waals surface area contributed by atoms with Gasteiger partial charge in [0.1, 0.15) is 11.5 Å². The normalized spacial score (nSPS) is 17.4. The van der Waals surface area contributed by atoms with Crippen molar-refractivity contribution in [2.45, 2.75) is 25.5 Å². The Hall–Kier alpha value is -4.14. The van der Waals surface area contributed by atoms with E-state index in [-0.39, 0.29) is 19.1 Å². The van der Waals surface area contributed by atoms with Crippen LogP contribution in [-0.4, -0.2) is 42.9 Å². The predicted octanol–water partition coefficient (Wildman–Crippen LogP) is 4.27. The number of aliphatic hydroxyl groups excluding tert-OH is 1. The molecule has 1 aliphatic heterocycles. The third-order valence-corrected chi connectivity index (χ3v) is 6.73. The molecule has 0 aliphatic carbocycles. The highest BCUT2D eigenvalue weighted by Gasteiger charge is 2.52. The van der Waals surface area contributed by atoms with Crippen LogP contribution >= 0.6 is 0 Å². The van der Waals surface area contributed by atoms with Gasteiger partial charge in [-0.25, -0.2) is 0 Å². The zero-order valence-electron chi connectivity index (χ0n) is 21.7. The third kappa shape index (κ3) is 5.27. The number of nitrogens with one attached hydrogen (secondary N) is 1. The second-order valence-electron chi connectivity index (χ2n) is 9.15. The number of carbonyl (C=O) groups is 2. The molecule has 0 unspecified atom stereocenters. The van der Waals surface area contributed by atoms with Gasteiger partial charge in [0.05, 0.1) is 26.5 Å². The van der Waals surface area contributed by atoms with E-state index >= 15 is 0 Å². The summed E-state index contributed by atoms with van der Waals surface area (Å²) in [6, 6.07) is 19.3. The second kappa shape index (κ2) is 11.5. The molecule has 0 saturated heterocycles. The average molecular weight is 517 g/mol. The lowest BCUT2D eigenvalue weighted by atomic mass is 9.83. The summed E-state index contributed by atoms with van der Waals surface area (Å²) in [7, 11) is 3.10. The molecule has 2 amide bonds. The molecule has 0 spiro atoms. The first-order valence-corrected chi connectivity index (χ1v) is 12.4. The fraction of sp³-hybridized carbons (Fsp3) is 0.267. The number of hydrogen-bond donors (Lipinski definition) is 3. The third-order valence-electron chi connectivity index (χ3n) is 6.73. The van der Waals surface area contributed by atoms with Crippen molar-refractivity contribution in [3.05, 3.63) is 95.6 Å². The SMILES string of the molecule is COc1ccc(C(=O)Nc2cccc(CN3C(=O)[C@@](O)([C@@H](C)/C=C/CCO)c4cc(OC)ccc43)c2)cc1. The molecule has 198 valence electrons. The number of benzene rings is 3. The van der Waals surface area contributed by atoms with Crippen LogP contribution in [0.4, 0.5) is 11.4 Å². The van der Waals surface area contributed by atoms with Gasteiger partial charge in [-0.2, -0.15) is 0 Å². The van der Waals surface area contributed by atoms with Crippen LogP contribution in [-0.2, 0) is 16.9 Å². The topological polar surface area (TPSA) is 108 Å². The standard InChI is InChI=1S/C30H32N2O6/c1-20(7-4-5-16-33)30(36)26-18-25(38-3)14-15-27(26)32(29(30)35)19-21-8-6-9-23(17-21)31-28(34)22-10-12-24(37-2)13-11-22/h4,6-15,17-18,20,33,36H,5,16,19H2,1-3H3,(H,31,34)/b7-4+/t20-,30+/m0/s1. The minimum absolute atomic E-state index is 0.0164. The lowest BCUT2D eigenvalue weighted by Gasteiger charge is -2.28. The molecule has 0 radical (unpaired) electrons. The molecule has 0 fully saturated rings. The molecule has 8 nitrogen and oxygen atoms in total. The monoisotopic (exact) mass is 516 g/mol. The molecular weight excluding hydrogens is 484 g/mol. The van der Waals surface area contributed by atoms with Gasteiger partial charge in [0.2, 0.25) is 0 Å².